The number of anilines is 1. The van der Waals surface area contributed by atoms with Gasteiger partial charge in [0, 0.05) is 98.8 Å². The molecule has 7 aliphatic rings. The fraction of sp³-hybridized carbons (Fsp3) is 0.533. The van der Waals surface area contributed by atoms with Gasteiger partial charge in [-0.15, -0.1) is 0 Å². The molecule has 4 aromatic rings. The first kappa shape index (κ1) is 50.2. The van der Waals surface area contributed by atoms with Crippen molar-refractivity contribution in [3.8, 4) is 17.1 Å². The third kappa shape index (κ3) is 8.34. The second-order valence-electron chi connectivity index (χ2n) is 22.8. The summed E-state index contributed by atoms with van der Waals surface area (Å²) in [6.07, 6.45) is 11.8. The number of unbranched alkanes of at least 4 members (excludes halogenated alkanes) is 3. The van der Waals surface area contributed by atoms with Crippen LogP contribution < -0.4 is 10.5 Å². The first-order valence-electron chi connectivity index (χ1n) is 27.3. The third-order valence-corrected chi connectivity index (χ3v) is 18.8. The molecule has 390 valence electrons. The van der Waals surface area contributed by atoms with Crippen LogP contribution in [0, 0.1) is 17.3 Å². The molecule has 74 heavy (non-hydrogen) atoms. The maximum absolute atomic E-state index is 13.7. The molecular weight excluding hydrogens is 935 g/mol. The molecule has 2 N–H and O–H groups in total. The van der Waals surface area contributed by atoms with E-state index in [1.165, 1.54) is 34.9 Å². The van der Waals surface area contributed by atoms with Crippen LogP contribution in [0.4, 0.5) is 5.69 Å². The molecule has 4 aliphatic carbocycles. The number of hydrogen-bond donors (Lipinski definition) is 2. The second kappa shape index (κ2) is 19.3. The topological polar surface area (TPSA) is 172 Å². The van der Waals surface area contributed by atoms with Crippen LogP contribution in [0.25, 0.3) is 22.3 Å². The number of nitrogens with zero attached hydrogens (tertiary/aromatic N) is 5. The molecule has 3 aliphatic heterocycles. The van der Waals surface area contributed by atoms with E-state index in [2.05, 4.69) is 52.9 Å². The summed E-state index contributed by atoms with van der Waals surface area (Å²) in [6, 6.07) is 16.3. The largest absolute Gasteiger partial charge is 0.508 e. The van der Waals surface area contributed by atoms with Crippen molar-refractivity contribution in [3.63, 3.8) is 0 Å². The smallest absolute Gasteiger partial charge is 0.343 e. The zero-order valence-electron chi connectivity index (χ0n) is 43.8. The number of ether oxygens (including phenoxy) is 2. The molecule has 1 saturated heterocycles. The van der Waals surface area contributed by atoms with E-state index in [1.807, 2.05) is 12.1 Å². The number of pyridine rings is 2. The average Bonchev–Trinajstić information content (AvgIpc) is 3.91. The number of aliphatic hydroxyl groups is 1. The summed E-state index contributed by atoms with van der Waals surface area (Å²) in [5.74, 6) is -0.176. The number of fused-ring (bicyclic) bond motifs is 9. The van der Waals surface area contributed by atoms with Crippen LogP contribution in [0.1, 0.15) is 138 Å². The molecule has 0 unspecified atom stereocenters. The number of carbonyl (C=O) groups excluding carboxylic acids is 4. The summed E-state index contributed by atoms with van der Waals surface area (Å²) in [5.41, 5.74) is 6.80. The van der Waals surface area contributed by atoms with Crippen molar-refractivity contribution < 1.29 is 38.9 Å². The van der Waals surface area contributed by atoms with Gasteiger partial charge in [-0.25, -0.2) is 9.78 Å². The van der Waals surface area contributed by atoms with Crippen molar-refractivity contribution in [2.24, 2.45) is 17.3 Å². The number of cyclic esters (lactones) is 1. The molecule has 6 atom stereocenters. The molecule has 0 bridgehead atoms. The fourth-order valence-electron chi connectivity index (χ4n) is 14.8. The summed E-state index contributed by atoms with van der Waals surface area (Å²) in [5, 5.41) is 23.3. The highest BCUT2D eigenvalue weighted by atomic mass is 16.6. The highest BCUT2D eigenvalue weighted by Crippen LogP contribution is 2.68. The predicted molar refractivity (Wildman–Crippen MR) is 282 cm³/mol. The van der Waals surface area contributed by atoms with E-state index in [4.69, 9.17) is 14.5 Å². The van der Waals surface area contributed by atoms with E-state index >= 15 is 0 Å². The van der Waals surface area contributed by atoms with Gasteiger partial charge in [-0.2, -0.15) is 0 Å². The fourth-order valence-corrected chi connectivity index (χ4v) is 14.8. The molecule has 3 fully saturated rings. The standard InChI is InChI=1S/C60H71N5O9/c1-6-59(72)50-31-52-55-40(33-65(52)56(70)48(50)35-73-57(59)71)30-45-47(53(69)20-19-51(45)61-55)34-64-27-25-63(26-28-64)24-10-8-7-9-23-62(5)41-14-11-38(12-15-41)46-32-58(4)49(21-22-60(58,36(2)66)74-37(3)67)44-17-13-39-29-42(68)16-18-43(39)54(44)46/h11-12,14-15,19-20,29-31,44,46,49,69,72H,6-10,13,16-18,21-28,32-35H2,1-5H3/t44-,46+,49-,58-,59-,60-/m0/s1. The number of aromatic nitrogens is 2. The van der Waals surface area contributed by atoms with Crippen LogP contribution in [-0.2, 0) is 53.9 Å². The van der Waals surface area contributed by atoms with Crippen molar-refractivity contribution in [3.05, 3.63) is 109 Å². The van der Waals surface area contributed by atoms with Gasteiger partial charge in [-0.05, 0) is 142 Å². The number of phenols is 1. The average molecular weight is 1010 g/mol. The molecule has 2 saturated carbocycles. The normalized spacial score (nSPS) is 27.4. The van der Waals surface area contributed by atoms with E-state index in [0.717, 1.165) is 114 Å². The molecule has 14 heteroatoms. The van der Waals surface area contributed by atoms with Crippen molar-refractivity contribution >= 4 is 40.1 Å². The quantitative estimate of drug-likeness (QED) is 0.0804. The molecule has 2 aromatic carbocycles. The van der Waals surface area contributed by atoms with Crippen molar-refractivity contribution in [2.75, 3.05) is 51.2 Å². The number of phenolic OH excluding ortho intramolecular Hbond substituents is 1. The molecule has 5 heterocycles. The van der Waals surface area contributed by atoms with Gasteiger partial charge >= 0.3 is 11.9 Å². The van der Waals surface area contributed by atoms with Gasteiger partial charge in [0.25, 0.3) is 5.56 Å². The Balaban J connectivity index is 0.678. The molecule has 2 aromatic heterocycles. The highest BCUT2D eigenvalue weighted by molar-refractivity contribution is 5.93. The maximum Gasteiger partial charge on any atom is 0.343 e. The molecular formula is C60H71N5O9. The number of aromatic hydroxyl groups is 1. The summed E-state index contributed by atoms with van der Waals surface area (Å²) in [6.45, 7) is 13.3. The molecule has 0 spiro atoms. The third-order valence-electron chi connectivity index (χ3n) is 18.8. The number of hydrogen-bond acceptors (Lipinski definition) is 13. The van der Waals surface area contributed by atoms with Crippen LogP contribution >= 0.6 is 0 Å². The lowest BCUT2D eigenvalue weighted by atomic mass is 9.50. The second-order valence-corrected chi connectivity index (χ2v) is 22.8. The minimum atomic E-state index is -1.88. The summed E-state index contributed by atoms with van der Waals surface area (Å²) < 4.78 is 13.0. The van der Waals surface area contributed by atoms with Gasteiger partial charge in [0.05, 0.1) is 29.0 Å². The van der Waals surface area contributed by atoms with E-state index in [1.54, 1.807) is 36.6 Å². The monoisotopic (exact) mass is 1010 g/mol. The van der Waals surface area contributed by atoms with Crippen LogP contribution in [0.5, 0.6) is 5.75 Å². The number of benzene rings is 2. The van der Waals surface area contributed by atoms with Crippen LogP contribution in [0.15, 0.2) is 76.1 Å². The Kier molecular flexibility index (Phi) is 13.1. The van der Waals surface area contributed by atoms with Gasteiger partial charge in [0.1, 0.15) is 12.4 Å². The minimum Gasteiger partial charge on any atom is -0.508 e. The lowest BCUT2D eigenvalue weighted by Gasteiger charge is -2.55. The van der Waals surface area contributed by atoms with E-state index in [9.17, 15) is 34.2 Å². The van der Waals surface area contributed by atoms with E-state index in [-0.39, 0.29) is 53.7 Å². The predicted octanol–water partition coefficient (Wildman–Crippen LogP) is 8.39. The Hall–Kier alpha value is -5.96. The van der Waals surface area contributed by atoms with Crippen molar-refractivity contribution in [1.82, 2.24) is 19.4 Å². The Morgan fingerprint density at radius 1 is 0.932 bits per heavy atom. The van der Waals surface area contributed by atoms with Gasteiger partial charge in [0.2, 0.25) is 0 Å². The maximum atomic E-state index is 13.7. The molecule has 11 rings (SSSR count). The van der Waals surface area contributed by atoms with Gasteiger partial charge < -0.3 is 34.1 Å². The van der Waals surface area contributed by atoms with Crippen LogP contribution in [0.2, 0.25) is 0 Å². The lowest BCUT2D eigenvalue weighted by molar-refractivity contribution is -0.182. The lowest BCUT2D eigenvalue weighted by Crippen LogP contribution is -2.57. The zero-order valence-corrected chi connectivity index (χ0v) is 43.8. The molecule has 0 amide bonds. The van der Waals surface area contributed by atoms with Gasteiger partial charge in [0.15, 0.2) is 22.8 Å². The highest BCUT2D eigenvalue weighted by Gasteiger charge is 2.67. The van der Waals surface area contributed by atoms with Crippen LogP contribution in [-0.4, -0.2) is 105 Å². The zero-order chi connectivity index (χ0) is 51.8. The summed E-state index contributed by atoms with van der Waals surface area (Å²) in [7, 11) is 2.17. The van der Waals surface area contributed by atoms with Crippen molar-refractivity contribution in [2.45, 2.75) is 142 Å². The molecule has 14 nitrogen and oxygen atoms in total. The summed E-state index contributed by atoms with van der Waals surface area (Å²) >= 11 is 0. The number of esters is 2. The number of carbonyl (C=O) groups is 4. The number of ketones is 2. The first-order valence-corrected chi connectivity index (χ1v) is 27.3. The SMILES string of the molecule is CC[C@@]1(O)C(=O)OCc2c1cc1n(c2=O)Cc2cc3c(CN4CCN(CCCCCCN(C)c5ccc([C@H]6C[C@@]7(C)[C@@H](CC[C@]7(OC(C)=O)C(C)=O)[C@@H]7CCC8=CC(=O)CCC8=C76)cc5)CC4)c(O)ccc3nc2-1. The Morgan fingerprint density at radius 3 is 2.43 bits per heavy atom. The number of Topliss-reactive ketones (excluding diaryl/α,β-unsaturated/α-hetero) is 1. The van der Waals surface area contributed by atoms with Crippen LogP contribution in [0.3, 0.4) is 0 Å². The number of piperazine rings is 1. The Morgan fingerprint density at radius 2 is 1.69 bits per heavy atom. The van der Waals surface area contributed by atoms with E-state index < -0.39 is 28.6 Å². The summed E-state index contributed by atoms with van der Waals surface area (Å²) in [4.78, 5) is 77.4. The molecule has 0 radical (unpaired) electrons. The van der Waals surface area contributed by atoms with Gasteiger partial charge in [-0.1, -0.05) is 44.4 Å². The Labute approximate surface area is 433 Å². The minimum absolute atomic E-state index is 0.0528. The van der Waals surface area contributed by atoms with E-state index in [0.29, 0.717) is 54.0 Å². The number of rotatable bonds is 14. The van der Waals surface area contributed by atoms with Gasteiger partial charge in [-0.3, -0.25) is 24.1 Å². The first-order chi connectivity index (χ1) is 35.5. The van der Waals surface area contributed by atoms with Crippen molar-refractivity contribution in [1.29, 1.82) is 0 Å². The Bertz CT molecular complexity index is 3100. The number of allylic oxidation sites excluding steroid dienone is 4.